The highest BCUT2D eigenvalue weighted by atomic mass is 35.5. The number of rotatable bonds is 2. The fourth-order valence-electron chi connectivity index (χ4n) is 3.70. The molecule has 0 N–H and O–H groups in total. The molecule has 2 fully saturated rings. The smallest absolute Gasteiger partial charge is 0.240 e. The Kier molecular flexibility index (Phi) is 5.44. The highest BCUT2D eigenvalue weighted by Crippen LogP contribution is 2.40. The van der Waals surface area contributed by atoms with Gasteiger partial charge in [0, 0.05) is 29.6 Å². The molecule has 2 saturated heterocycles. The molecule has 2 aliphatic rings. The van der Waals surface area contributed by atoms with Crippen molar-refractivity contribution in [3.05, 3.63) is 29.3 Å². The highest BCUT2D eigenvalue weighted by molar-refractivity contribution is 7.99. The summed E-state index contributed by atoms with van der Waals surface area (Å²) in [5.41, 5.74) is 0.0549. The Morgan fingerprint density at radius 2 is 1.73 bits per heavy atom. The zero-order valence-corrected chi connectivity index (χ0v) is 17.8. The van der Waals surface area contributed by atoms with E-state index in [2.05, 4.69) is 39.5 Å². The van der Waals surface area contributed by atoms with E-state index in [0.29, 0.717) is 5.02 Å². The molecule has 1 unspecified atom stereocenters. The van der Waals surface area contributed by atoms with Crippen LogP contribution in [0.2, 0.25) is 5.02 Å². The lowest BCUT2D eigenvalue weighted by Gasteiger charge is -2.37. The predicted octanol–water partition coefficient (Wildman–Crippen LogP) is 4.33. The normalized spacial score (nSPS) is 25.9. The maximum atomic E-state index is 13.4. The first-order valence-corrected chi connectivity index (χ1v) is 10.7. The molecule has 142 valence electrons. The van der Waals surface area contributed by atoms with Crippen LogP contribution < -0.4 is 4.90 Å². The molecule has 0 bridgehead atoms. The highest BCUT2D eigenvalue weighted by Gasteiger charge is 2.55. The average Bonchev–Trinajstić information content (AvgIpc) is 2.74. The second kappa shape index (κ2) is 7.17. The Labute approximate surface area is 166 Å². The summed E-state index contributed by atoms with van der Waals surface area (Å²) in [4.78, 5) is 22.7. The van der Waals surface area contributed by atoms with Crippen LogP contribution in [0.1, 0.15) is 34.6 Å². The summed E-state index contributed by atoms with van der Waals surface area (Å²) in [6.07, 6.45) is 0. The van der Waals surface area contributed by atoms with Crippen molar-refractivity contribution in [2.75, 3.05) is 29.5 Å². The Morgan fingerprint density at radius 1 is 1.15 bits per heavy atom. The first kappa shape index (κ1) is 19.7. The molecule has 2 heterocycles. The summed E-state index contributed by atoms with van der Waals surface area (Å²) in [7, 11) is 0. The number of amides is 1. The summed E-state index contributed by atoms with van der Waals surface area (Å²) in [5, 5.41) is 0.665. The predicted molar refractivity (Wildman–Crippen MR) is 113 cm³/mol. The fourth-order valence-corrected chi connectivity index (χ4v) is 4.76. The van der Waals surface area contributed by atoms with Crippen LogP contribution in [0.25, 0.3) is 0 Å². The molecule has 0 aromatic heterocycles. The zero-order valence-electron chi connectivity index (χ0n) is 16.3. The van der Waals surface area contributed by atoms with E-state index in [1.807, 2.05) is 40.9 Å². The van der Waals surface area contributed by atoms with Crippen LogP contribution in [0.4, 0.5) is 5.69 Å². The zero-order chi connectivity index (χ0) is 19.1. The fraction of sp³-hybridized carbons (Fsp3) is 0.600. The Balaban J connectivity index is 2.11. The lowest BCUT2D eigenvalue weighted by atomic mass is 9.85. The van der Waals surface area contributed by atoms with Gasteiger partial charge in [0.2, 0.25) is 5.91 Å². The molecular weight excluding hydrogens is 366 g/mol. The third kappa shape index (κ3) is 3.80. The maximum Gasteiger partial charge on any atom is 0.240 e. The summed E-state index contributed by atoms with van der Waals surface area (Å²) in [6, 6.07) is 7.46. The second-order valence-electron chi connectivity index (χ2n) is 8.53. The number of halogens is 1. The van der Waals surface area contributed by atoms with Gasteiger partial charge in [0.25, 0.3) is 0 Å². The van der Waals surface area contributed by atoms with Crippen LogP contribution in [-0.2, 0) is 4.79 Å². The van der Waals surface area contributed by atoms with Crippen molar-refractivity contribution in [1.29, 1.82) is 0 Å². The third-order valence-corrected chi connectivity index (χ3v) is 6.05. The van der Waals surface area contributed by atoms with E-state index < -0.39 is 5.41 Å². The van der Waals surface area contributed by atoms with Crippen LogP contribution in [-0.4, -0.2) is 52.8 Å². The van der Waals surface area contributed by atoms with E-state index in [4.69, 9.17) is 16.6 Å². The van der Waals surface area contributed by atoms with Crippen molar-refractivity contribution in [2.45, 2.75) is 46.2 Å². The van der Waals surface area contributed by atoms with Crippen LogP contribution in [0.3, 0.4) is 0 Å². The molecule has 2 aliphatic heterocycles. The van der Waals surface area contributed by atoms with E-state index >= 15 is 0 Å². The molecule has 1 aromatic rings. The molecule has 1 amide bonds. The van der Waals surface area contributed by atoms with E-state index in [1.165, 1.54) is 0 Å². The monoisotopic (exact) mass is 393 g/mol. The van der Waals surface area contributed by atoms with Crippen molar-refractivity contribution in [2.24, 2.45) is 10.4 Å². The molecule has 0 spiro atoms. The summed E-state index contributed by atoms with van der Waals surface area (Å²) < 4.78 is 0. The summed E-state index contributed by atoms with van der Waals surface area (Å²) in [5.74, 6) is 3.17. The molecule has 1 aromatic carbocycles. The first-order chi connectivity index (χ1) is 12.1. The quantitative estimate of drug-likeness (QED) is 0.750. The van der Waals surface area contributed by atoms with Crippen LogP contribution in [0.5, 0.6) is 0 Å². The molecule has 0 aliphatic carbocycles. The average molecular weight is 394 g/mol. The van der Waals surface area contributed by atoms with Gasteiger partial charge in [-0.25, -0.2) is 0 Å². The molecule has 1 atom stereocenters. The molecule has 3 rings (SSSR count). The van der Waals surface area contributed by atoms with E-state index in [1.54, 1.807) is 0 Å². The topological polar surface area (TPSA) is 35.9 Å². The third-order valence-electron chi connectivity index (χ3n) is 4.86. The SMILES string of the molecule is CC(C)(C)N=C1C(N2CCSCC2)C(C)(C)C(=O)N1c1ccc(Cl)cc1. The van der Waals surface area contributed by atoms with Gasteiger partial charge >= 0.3 is 0 Å². The number of hydrogen-bond acceptors (Lipinski definition) is 4. The van der Waals surface area contributed by atoms with Crippen molar-refractivity contribution in [3.63, 3.8) is 0 Å². The lowest BCUT2D eigenvalue weighted by molar-refractivity contribution is -0.125. The molecule has 26 heavy (non-hydrogen) atoms. The van der Waals surface area contributed by atoms with E-state index in [9.17, 15) is 4.79 Å². The van der Waals surface area contributed by atoms with Gasteiger partial charge in [-0.15, -0.1) is 0 Å². The first-order valence-electron chi connectivity index (χ1n) is 9.13. The minimum Gasteiger partial charge on any atom is -0.291 e. The van der Waals surface area contributed by atoms with Gasteiger partial charge in [-0.05, 0) is 58.9 Å². The number of anilines is 1. The number of carbonyl (C=O) groups is 1. The van der Waals surface area contributed by atoms with E-state index in [0.717, 1.165) is 36.1 Å². The van der Waals surface area contributed by atoms with Gasteiger partial charge in [0.15, 0.2) is 0 Å². The van der Waals surface area contributed by atoms with Crippen molar-refractivity contribution >= 4 is 40.8 Å². The van der Waals surface area contributed by atoms with Crippen molar-refractivity contribution in [1.82, 2.24) is 4.90 Å². The number of hydrogen-bond donors (Lipinski definition) is 0. The van der Waals surface area contributed by atoms with Gasteiger partial charge in [-0.1, -0.05) is 11.6 Å². The Morgan fingerprint density at radius 3 is 2.27 bits per heavy atom. The number of benzene rings is 1. The van der Waals surface area contributed by atoms with Gasteiger partial charge in [-0.3, -0.25) is 19.6 Å². The minimum atomic E-state index is -0.522. The second-order valence-corrected chi connectivity index (χ2v) is 10.2. The van der Waals surface area contributed by atoms with Crippen molar-refractivity contribution < 1.29 is 4.79 Å². The standard InChI is InChI=1S/C20H28ClN3OS/c1-19(2,3)22-17-16(23-10-12-26-13-11-23)20(4,5)18(25)24(17)15-8-6-14(21)7-9-15/h6-9,16H,10-13H2,1-5H3. The lowest BCUT2D eigenvalue weighted by Crippen LogP contribution is -2.51. The number of nitrogens with zero attached hydrogens (tertiary/aromatic N) is 3. The van der Waals surface area contributed by atoms with Gasteiger partial charge < -0.3 is 0 Å². The molecule has 0 saturated carbocycles. The minimum absolute atomic E-state index is 0.00852. The van der Waals surface area contributed by atoms with Crippen LogP contribution in [0.15, 0.2) is 29.3 Å². The maximum absolute atomic E-state index is 13.4. The van der Waals surface area contributed by atoms with Gasteiger partial charge in [0.1, 0.15) is 5.84 Å². The largest absolute Gasteiger partial charge is 0.291 e. The van der Waals surface area contributed by atoms with E-state index in [-0.39, 0.29) is 17.5 Å². The van der Waals surface area contributed by atoms with Crippen LogP contribution >= 0.6 is 23.4 Å². The number of carbonyl (C=O) groups excluding carboxylic acids is 1. The van der Waals surface area contributed by atoms with Crippen molar-refractivity contribution in [3.8, 4) is 0 Å². The molecular formula is C20H28ClN3OS. The number of thioether (sulfide) groups is 1. The summed E-state index contributed by atoms with van der Waals surface area (Å²) >= 11 is 8.04. The molecule has 6 heteroatoms. The van der Waals surface area contributed by atoms with Crippen LogP contribution in [0, 0.1) is 5.41 Å². The van der Waals surface area contributed by atoms with Gasteiger partial charge in [-0.2, -0.15) is 11.8 Å². The number of aliphatic imine (C=N–C) groups is 1. The molecule has 4 nitrogen and oxygen atoms in total. The number of amidine groups is 1. The molecule has 0 radical (unpaired) electrons. The Hall–Kier alpha value is -1.04. The summed E-state index contributed by atoms with van der Waals surface area (Å²) in [6.45, 7) is 12.3. The van der Waals surface area contributed by atoms with Gasteiger partial charge in [0.05, 0.1) is 22.7 Å². The Bertz CT molecular complexity index is 703.